The van der Waals surface area contributed by atoms with E-state index in [1.54, 1.807) is 6.07 Å². The number of rotatable bonds is 5. The van der Waals surface area contributed by atoms with Crippen molar-refractivity contribution in [1.82, 2.24) is 9.21 Å². The molecule has 7 nitrogen and oxygen atoms in total. The Hall–Kier alpha value is -1.17. The Morgan fingerprint density at radius 2 is 1.95 bits per heavy atom. The van der Waals surface area contributed by atoms with Crippen molar-refractivity contribution in [3.8, 4) is 6.07 Å². The highest BCUT2D eigenvalue weighted by Gasteiger charge is 2.31. The minimum Gasteiger partial charge on any atom is -0.469 e. The molecular formula is C11H19N3O4S. The smallest absolute Gasteiger partial charge is 0.306 e. The highest BCUT2D eigenvalue weighted by Crippen LogP contribution is 2.12. The highest BCUT2D eigenvalue weighted by atomic mass is 32.2. The number of sulfonamides is 1. The first kappa shape index (κ1) is 15.9. The Morgan fingerprint density at radius 3 is 2.42 bits per heavy atom. The van der Waals surface area contributed by atoms with Crippen LogP contribution in [0.2, 0.25) is 0 Å². The molecule has 1 atom stereocenters. The molecule has 108 valence electrons. The molecule has 1 saturated heterocycles. The van der Waals surface area contributed by atoms with Gasteiger partial charge in [-0.2, -0.15) is 9.57 Å². The number of nitriles is 1. The van der Waals surface area contributed by atoms with Crippen LogP contribution in [0.3, 0.4) is 0 Å². The van der Waals surface area contributed by atoms with Crippen LogP contribution in [-0.2, 0) is 19.6 Å². The second-order valence-corrected chi connectivity index (χ2v) is 6.64. The first-order chi connectivity index (χ1) is 8.91. The quantitative estimate of drug-likeness (QED) is 0.628. The van der Waals surface area contributed by atoms with Crippen LogP contribution in [0, 0.1) is 11.3 Å². The number of hydrogen-bond donors (Lipinski definition) is 0. The summed E-state index contributed by atoms with van der Waals surface area (Å²) in [5.41, 5.74) is 0. The van der Waals surface area contributed by atoms with Crippen LogP contribution >= 0.6 is 0 Å². The molecule has 1 heterocycles. The zero-order valence-corrected chi connectivity index (χ0v) is 12.0. The normalized spacial score (nSPS) is 19.6. The molecule has 1 unspecified atom stereocenters. The summed E-state index contributed by atoms with van der Waals surface area (Å²) in [4.78, 5) is 13.0. The van der Waals surface area contributed by atoms with E-state index in [2.05, 4.69) is 4.74 Å². The Labute approximate surface area is 113 Å². The van der Waals surface area contributed by atoms with Crippen LogP contribution in [-0.4, -0.2) is 68.7 Å². The van der Waals surface area contributed by atoms with E-state index in [-0.39, 0.29) is 5.97 Å². The average molecular weight is 289 g/mol. The average Bonchev–Trinajstić information content (AvgIpc) is 2.44. The third kappa shape index (κ3) is 4.16. The number of esters is 1. The van der Waals surface area contributed by atoms with Gasteiger partial charge in [-0.05, 0) is 6.92 Å². The fourth-order valence-electron chi connectivity index (χ4n) is 1.85. The summed E-state index contributed by atoms with van der Waals surface area (Å²) in [5, 5.41) is 7.69. The number of nitrogens with zero attached hydrogens (tertiary/aromatic N) is 3. The van der Waals surface area contributed by atoms with Crippen molar-refractivity contribution in [2.45, 2.75) is 18.6 Å². The number of carbonyl (C=O) groups is 1. The zero-order valence-electron chi connectivity index (χ0n) is 11.2. The number of hydrogen-bond acceptors (Lipinski definition) is 6. The minimum absolute atomic E-state index is 0.270. The molecule has 0 aromatic carbocycles. The number of ether oxygens (including phenoxy) is 1. The van der Waals surface area contributed by atoms with Crippen LogP contribution in [0.1, 0.15) is 13.3 Å². The summed E-state index contributed by atoms with van der Waals surface area (Å²) in [6.45, 7) is 3.79. The van der Waals surface area contributed by atoms with E-state index in [1.165, 1.54) is 18.3 Å². The monoisotopic (exact) mass is 289 g/mol. The van der Waals surface area contributed by atoms with Gasteiger partial charge in [0.1, 0.15) is 0 Å². The lowest BCUT2D eigenvalue weighted by Gasteiger charge is -2.34. The SMILES string of the molecule is COC(=O)CCN1CCN(S(=O)(=O)C(C)C#N)CC1. The Bertz CT molecular complexity index is 449. The maximum absolute atomic E-state index is 11.9. The van der Waals surface area contributed by atoms with E-state index in [4.69, 9.17) is 5.26 Å². The molecule has 0 aromatic heterocycles. The Balaban J connectivity index is 2.45. The topological polar surface area (TPSA) is 90.7 Å². The summed E-state index contributed by atoms with van der Waals surface area (Å²) >= 11 is 0. The first-order valence-electron chi connectivity index (χ1n) is 6.09. The molecule has 19 heavy (non-hydrogen) atoms. The van der Waals surface area contributed by atoms with E-state index >= 15 is 0 Å². The lowest BCUT2D eigenvalue weighted by molar-refractivity contribution is -0.141. The van der Waals surface area contributed by atoms with Crippen molar-refractivity contribution in [3.05, 3.63) is 0 Å². The van der Waals surface area contributed by atoms with Crippen LogP contribution in [0.15, 0.2) is 0 Å². The maximum atomic E-state index is 11.9. The first-order valence-corrected chi connectivity index (χ1v) is 7.60. The van der Waals surface area contributed by atoms with Crippen molar-refractivity contribution in [3.63, 3.8) is 0 Å². The molecule has 1 aliphatic heterocycles. The van der Waals surface area contributed by atoms with Gasteiger partial charge >= 0.3 is 5.97 Å². The molecule has 0 bridgehead atoms. The van der Waals surface area contributed by atoms with Crippen LogP contribution < -0.4 is 0 Å². The molecule has 1 aliphatic rings. The van der Waals surface area contributed by atoms with Crippen LogP contribution in [0.4, 0.5) is 0 Å². The third-order valence-electron chi connectivity index (χ3n) is 3.18. The van der Waals surface area contributed by atoms with Gasteiger partial charge in [-0.1, -0.05) is 0 Å². The van der Waals surface area contributed by atoms with E-state index in [0.29, 0.717) is 39.1 Å². The van der Waals surface area contributed by atoms with Crippen molar-refractivity contribution >= 4 is 16.0 Å². The summed E-state index contributed by atoms with van der Waals surface area (Å²) in [6.07, 6.45) is 0.303. The van der Waals surface area contributed by atoms with Gasteiger partial charge in [-0.15, -0.1) is 0 Å². The zero-order chi connectivity index (χ0) is 14.5. The van der Waals surface area contributed by atoms with Gasteiger partial charge in [-0.3, -0.25) is 4.79 Å². The second-order valence-electron chi connectivity index (χ2n) is 4.38. The van der Waals surface area contributed by atoms with Gasteiger partial charge in [0.25, 0.3) is 0 Å². The van der Waals surface area contributed by atoms with Crippen molar-refractivity contribution < 1.29 is 17.9 Å². The lowest BCUT2D eigenvalue weighted by Crippen LogP contribution is -2.50. The molecule has 0 radical (unpaired) electrons. The minimum atomic E-state index is -3.52. The molecule has 1 fully saturated rings. The van der Waals surface area contributed by atoms with E-state index in [1.807, 2.05) is 4.90 Å². The number of piperazine rings is 1. The van der Waals surface area contributed by atoms with Gasteiger partial charge in [-0.25, -0.2) is 8.42 Å². The van der Waals surface area contributed by atoms with Crippen molar-refractivity contribution in [2.24, 2.45) is 0 Å². The summed E-state index contributed by atoms with van der Waals surface area (Å²) in [5.74, 6) is -0.270. The summed E-state index contributed by atoms with van der Waals surface area (Å²) < 4.78 is 29.8. The highest BCUT2D eigenvalue weighted by molar-refractivity contribution is 7.89. The molecule has 0 saturated carbocycles. The van der Waals surface area contributed by atoms with Crippen molar-refractivity contribution in [2.75, 3.05) is 39.8 Å². The van der Waals surface area contributed by atoms with Gasteiger partial charge in [0.15, 0.2) is 5.25 Å². The van der Waals surface area contributed by atoms with Gasteiger partial charge in [0.2, 0.25) is 10.0 Å². The molecule has 0 aliphatic carbocycles. The van der Waals surface area contributed by atoms with Crippen LogP contribution in [0.25, 0.3) is 0 Å². The predicted octanol–water partition coefficient (Wildman–Crippen LogP) is -0.591. The lowest BCUT2D eigenvalue weighted by atomic mass is 10.3. The fraction of sp³-hybridized carbons (Fsp3) is 0.818. The molecular weight excluding hydrogens is 270 g/mol. The predicted molar refractivity (Wildman–Crippen MR) is 68.6 cm³/mol. The molecule has 0 spiro atoms. The maximum Gasteiger partial charge on any atom is 0.306 e. The van der Waals surface area contributed by atoms with Crippen LogP contribution in [0.5, 0.6) is 0 Å². The van der Waals surface area contributed by atoms with Gasteiger partial charge < -0.3 is 9.64 Å². The summed E-state index contributed by atoms with van der Waals surface area (Å²) in [6, 6.07) is 1.76. The Morgan fingerprint density at radius 1 is 1.37 bits per heavy atom. The van der Waals surface area contributed by atoms with E-state index in [9.17, 15) is 13.2 Å². The fourth-order valence-corrected chi connectivity index (χ4v) is 3.10. The van der Waals surface area contributed by atoms with Gasteiger partial charge in [0.05, 0.1) is 19.6 Å². The summed E-state index contributed by atoms with van der Waals surface area (Å²) in [7, 11) is -2.17. The largest absolute Gasteiger partial charge is 0.469 e. The second kappa shape index (κ2) is 6.84. The molecule has 0 N–H and O–H groups in total. The number of methoxy groups -OCH3 is 1. The molecule has 8 heteroatoms. The number of carbonyl (C=O) groups excluding carboxylic acids is 1. The van der Waals surface area contributed by atoms with E-state index < -0.39 is 15.3 Å². The van der Waals surface area contributed by atoms with E-state index in [0.717, 1.165) is 0 Å². The standard InChI is InChI=1S/C11H19N3O4S/c1-10(9-12)19(16,17)14-7-5-13(6-8-14)4-3-11(15)18-2/h10H,3-8H2,1-2H3. The molecule has 1 rings (SSSR count). The van der Waals surface area contributed by atoms with Gasteiger partial charge in [0, 0.05) is 32.7 Å². The third-order valence-corrected chi connectivity index (χ3v) is 5.26. The van der Waals surface area contributed by atoms with Crippen molar-refractivity contribution in [1.29, 1.82) is 5.26 Å². The Kier molecular flexibility index (Phi) is 5.72. The molecule has 0 aromatic rings. The molecule has 0 amide bonds.